The molecule has 0 saturated carbocycles. The molecule has 0 bridgehead atoms. The lowest BCUT2D eigenvalue weighted by atomic mass is 10.1. The summed E-state index contributed by atoms with van der Waals surface area (Å²) in [4.78, 5) is 7.40. The first-order valence-electron chi connectivity index (χ1n) is 8.62. The Morgan fingerprint density at radius 1 is 0.920 bits per heavy atom. The number of pyridine rings is 1. The minimum Gasteiger partial charge on any atom is -0.303 e. The Morgan fingerprint density at radius 2 is 1.60 bits per heavy atom. The highest BCUT2D eigenvalue weighted by Crippen LogP contribution is 2.32. The number of benzene rings is 2. The summed E-state index contributed by atoms with van der Waals surface area (Å²) < 4.78 is 0. The van der Waals surface area contributed by atoms with Gasteiger partial charge in [-0.2, -0.15) is 0 Å². The summed E-state index contributed by atoms with van der Waals surface area (Å²) in [6.07, 6.45) is 0. The predicted octanol–water partition coefficient (Wildman–Crippen LogP) is 5.76. The van der Waals surface area contributed by atoms with Crippen LogP contribution in [0.4, 0.5) is 0 Å². The Labute approximate surface area is 161 Å². The maximum absolute atomic E-state index is 4.94. The molecule has 0 fully saturated rings. The zero-order valence-corrected chi connectivity index (χ0v) is 16.4. The van der Waals surface area contributed by atoms with E-state index in [1.807, 2.05) is 11.8 Å². The van der Waals surface area contributed by atoms with E-state index < -0.39 is 0 Å². The highest BCUT2D eigenvalue weighted by molar-refractivity contribution is 7.99. The van der Waals surface area contributed by atoms with Gasteiger partial charge in [0.05, 0.1) is 5.52 Å². The topological polar surface area (TPSA) is 16.1 Å². The molecule has 0 radical (unpaired) electrons. The minimum absolute atomic E-state index is 0. The third-order valence-corrected chi connectivity index (χ3v) is 5.29. The van der Waals surface area contributed by atoms with Crippen LogP contribution in [0.5, 0.6) is 0 Å². The number of para-hydroxylation sites is 1. The van der Waals surface area contributed by atoms with Crippen LogP contribution in [0.1, 0.15) is 13.8 Å². The summed E-state index contributed by atoms with van der Waals surface area (Å²) in [5, 5.41) is 2.33. The lowest BCUT2D eigenvalue weighted by Gasteiger charge is -2.18. The fourth-order valence-corrected chi connectivity index (χ4v) is 3.88. The van der Waals surface area contributed by atoms with Gasteiger partial charge in [-0.1, -0.05) is 62.4 Å². The van der Waals surface area contributed by atoms with Gasteiger partial charge in [0, 0.05) is 23.2 Å². The number of hydrogen-bond donors (Lipinski definition) is 0. The molecule has 1 aromatic heterocycles. The average molecular weight is 373 g/mol. The van der Waals surface area contributed by atoms with Crippen molar-refractivity contribution in [2.24, 2.45) is 0 Å². The van der Waals surface area contributed by atoms with Crippen LogP contribution in [0.3, 0.4) is 0 Å². The molecular formula is C21H25ClN2S. The molecule has 0 unspecified atom stereocenters. The second kappa shape index (κ2) is 9.81. The molecule has 3 aromatic rings. The molecular weight excluding hydrogens is 348 g/mol. The first-order chi connectivity index (χ1) is 11.8. The van der Waals surface area contributed by atoms with Crippen LogP contribution in [-0.2, 0) is 0 Å². The monoisotopic (exact) mass is 372 g/mol. The molecule has 0 saturated heterocycles. The van der Waals surface area contributed by atoms with Gasteiger partial charge in [-0.3, -0.25) is 0 Å². The van der Waals surface area contributed by atoms with Crippen molar-refractivity contribution in [3.63, 3.8) is 0 Å². The van der Waals surface area contributed by atoms with E-state index in [-0.39, 0.29) is 12.4 Å². The fraction of sp³-hybridized carbons (Fsp3) is 0.286. The van der Waals surface area contributed by atoms with Gasteiger partial charge in [0.1, 0.15) is 5.03 Å². The van der Waals surface area contributed by atoms with Gasteiger partial charge in [-0.25, -0.2) is 4.98 Å². The lowest BCUT2D eigenvalue weighted by Crippen LogP contribution is -2.25. The lowest BCUT2D eigenvalue weighted by molar-refractivity contribution is 0.324. The molecule has 0 amide bonds. The van der Waals surface area contributed by atoms with Crippen LogP contribution >= 0.6 is 24.2 Å². The summed E-state index contributed by atoms with van der Waals surface area (Å²) in [6, 6.07) is 21.2. The van der Waals surface area contributed by atoms with Gasteiger partial charge in [-0.05, 0) is 30.8 Å². The van der Waals surface area contributed by atoms with Gasteiger partial charge >= 0.3 is 0 Å². The third-order valence-electron chi connectivity index (χ3n) is 4.31. The summed E-state index contributed by atoms with van der Waals surface area (Å²) in [5.41, 5.74) is 3.54. The van der Waals surface area contributed by atoms with Crippen molar-refractivity contribution in [2.45, 2.75) is 18.9 Å². The third kappa shape index (κ3) is 4.97. The standard InChI is InChI=1S/C21H24N2S.ClH/c1-3-23(4-2)14-15-24-21-19(17-10-6-5-7-11-17)16-18-12-8-9-13-20(18)22-21;/h5-13,16H,3-4,14-15H2,1-2H3;1H. The van der Waals surface area contributed by atoms with Gasteiger partial charge < -0.3 is 4.90 Å². The molecule has 0 atom stereocenters. The van der Waals surface area contributed by atoms with Crippen molar-refractivity contribution in [2.75, 3.05) is 25.4 Å². The first kappa shape index (κ1) is 19.8. The van der Waals surface area contributed by atoms with E-state index in [4.69, 9.17) is 4.98 Å². The number of aromatic nitrogens is 1. The molecule has 0 spiro atoms. The maximum Gasteiger partial charge on any atom is 0.105 e. The molecule has 132 valence electrons. The van der Waals surface area contributed by atoms with Crippen LogP contribution in [-0.4, -0.2) is 35.3 Å². The molecule has 2 aromatic carbocycles. The van der Waals surface area contributed by atoms with Crippen molar-refractivity contribution in [3.05, 3.63) is 60.7 Å². The molecule has 0 aliphatic carbocycles. The maximum atomic E-state index is 4.94. The zero-order chi connectivity index (χ0) is 16.8. The SMILES string of the molecule is CCN(CC)CCSc1nc2ccccc2cc1-c1ccccc1.Cl. The van der Waals surface area contributed by atoms with Crippen LogP contribution in [0.15, 0.2) is 65.7 Å². The molecule has 4 heteroatoms. The molecule has 1 heterocycles. The van der Waals surface area contributed by atoms with E-state index in [9.17, 15) is 0 Å². The Balaban J connectivity index is 0.00000225. The van der Waals surface area contributed by atoms with Crippen LogP contribution in [0, 0.1) is 0 Å². The number of fused-ring (bicyclic) bond motifs is 1. The Morgan fingerprint density at radius 3 is 2.32 bits per heavy atom. The number of thioether (sulfide) groups is 1. The van der Waals surface area contributed by atoms with Gasteiger partial charge in [0.25, 0.3) is 0 Å². The van der Waals surface area contributed by atoms with Gasteiger partial charge in [0.2, 0.25) is 0 Å². The molecule has 0 aliphatic heterocycles. The van der Waals surface area contributed by atoms with E-state index in [0.29, 0.717) is 0 Å². The zero-order valence-electron chi connectivity index (χ0n) is 14.8. The molecule has 0 N–H and O–H groups in total. The van der Waals surface area contributed by atoms with Crippen molar-refractivity contribution >= 4 is 35.1 Å². The van der Waals surface area contributed by atoms with Crippen molar-refractivity contribution in [1.29, 1.82) is 0 Å². The predicted molar refractivity (Wildman–Crippen MR) is 113 cm³/mol. The Bertz CT molecular complexity index is 788. The van der Waals surface area contributed by atoms with E-state index in [1.165, 1.54) is 16.5 Å². The second-order valence-corrected chi connectivity index (χ2v) is 6.86. The number of halogens is 1. The van der Waals surface area contributed by atoms with E-state index in [2.05, 4.69) is 79.4 Å². The average Bonchev–Trinajstić information content (AvgIpc) is 2.65. The molecule has 3 rings (SSSR count). The fourth-order valence-electron chi connectivity index (χ4n) is 2.84. The van der Waals surface area contributed by atoms with Crippen molar-refractivity contribution in [3.8, 4) is 11.1 Å². The van der Waals surface area contributed by atoms with Crippen molar-refractivity contribution in [1.82, 2.24) is 9.88 Å². The quantitative estimate of drug-likeness (QED) is 0.490. The Hall–Kier alpha value is -1.55. The Kier molecular flexibility index (Phi) is 7.76. The van der Waals surface area contributed by atoms with Crippen LogP contribution < -0.4 is 0 Å². The largest absolute Gasteiger partial charge is 0.303 e. The van der Waals surface area contributed by atoms with Crippen LogP contribution in [0.2, 0.25) is 0 Å². The van der Waals surface area contributed by atoms with E-state index >= 15 is 0 Å². The number of hydrogen-bond acceptors (Lipinski definition) is 3. The normalized spacial score (nSPS) is 10.8. The number of rotatable bonds is 7. The smallest absolute Gasteiger partial charge is 0.105 e. The molecule has 2 nitrogen and oxygen atoms in total. The first-order valence-corrected chi connectivity index (χ1v) is 9.60. The van der Waals surface area contributed by atoms with E-state index in [1.54, 1.807) is 0 Å². The molecule has 25 heavy (non-hydrogen) atoms. The second-order valence-electron chi connectivity index (χ2n) is 5.78. The number of nitrogens with zero attached hydrogens (tertiary/aromatic N) is 2. The summed E-state index contributed by atoms with van der Waals surface area (Å²) in [5.74, 6) is 1.06. The highest BCUT2D eigenvalue weighted by Gasteiger charge is 2.10. The summed E-state index contributed by atoms with van der Waals surface area (Å²) in [7, 11) is 0. The van der Waals surface area contributed by atoms with Gasteiger partial charge in [-0.15, -0.1) is 24.2 Å². The minimum atomic E-state index is 0. The summed E-state index contributed by atoms with van der Waals surface area (Å²) >= 11 is 1.86. The van der Waals surface area contributed by atoms with E-state index in [0.717, 1.165) is 35.9 Å². The van der Waals surface area contributed by atoms with Crippen molar-refractivity contribution < 1.29 is 0 Å². The van der Waals surface area contributed by atoms with Crippen LogP contribution in [0.25, 0.3) is 22.0 Å². The van der Waals surface area contributed by atoms with Gasteiger partial charge in [0.15, 0.2) is 0 Å². The molecule has 0 aliphatic rings. The summed E-state index contributed by atoms with van der Waals surface area (Å²) in [6.45, 7) is 7.75. The highest BCUT2D eigenvalue weighted by atomic mass is 35.5.